The Morgan fingerprint density at radius 2 is 1.76 bits per heavy atom. The van der Waals surface area contributed by atoms with Crippen LogP contribution >= 0.6 is 11.8 Å². The first-order valence-electron chi connectivity index (χ1n) is 7.13. The predicted octanol–water partition coefficient (Wildman–Crippen LogP) is 5.62. The molecule has 0 aromatic carbocycles. The summed E-state index contributed by atoms with van der Waals surface area (Å²) in [4.78, 5) is 1.68. The Morgan fingerprint density at radius 1 is 1.00 bits per heavy atom. The summed E-state index contributed by atoms with van der Waals surface area (Å²) in [6, 6.07) is 0. The van der Waals surface area contributed by atoms with E-state index in [0.717, 1.165) is 5.25 Å². The molecule has 1 aliphatic carbocycles. The zero-order valence-corrected chi connectivity index (χ0v) is 12.2. The largest absolute Gasteiger partial charge is 0.122 e. The molecule has 0 amide bonds. The van der Waals surface area contributed by atoms with Gasteiger partial charge in [-0.05, 0) is 40.9 Å². The van der Waals surface area contributed by atoms with Crippen LogP contribution < -0.4 is 0 Å². The first kappa shape index (κ1) is 13.0. The lowest BCUT2D eigenvalue weighted by Crippen LogP contribution is -2.01. The third-order valence-electron chi connectivity index (χ3n) is 3.53. The van der Waals surface area contributed by atoms with Crippen LogP contribution in [0.4, 0.5) is 0 Å². The second-order valence-electron chi connectivity index (χ2n) is 5.01. The van der Waals surface area contributed by atoms with E-state index in [0.29, 0.717) is 0 Å². The van der Waals surface area contributed by atoms with Gasteiger partial charge in [0.25, 0.3) is 0 Å². The summed E-state index contributed by atoms with van der Waals surface area (Å²) >= 11 is 2.15. The third-order valence-corrected chi connectivity index (χ3v) is 5.00. The molecule has 1 atom stereocenters. The number of rotatable bonds is 6. The maximum atomic E-state index is 2.40. The molecule has 0 spiro atoms. The highest BCUT2D eigenvalue weighted by atomic mass is 32.2. The van der Waals surface area contributed by atoms with Gasteiger partial charge in [0, 0.05) is 5.25 Å². The van der Waals surface area contributed by atoms with Gasteiger partial charge >= 0.3 is 0 Å². The van der Waals surface area contributed by atoms with Crippen molar-refractivity contribution in [1.82, 2.24) is 0 Å². The maximum Gasteiger partial charge on any atom is 0.0347 e. The van der Waals surface area contributed by atoms with Gasteiger partial charge in [-0.2, -0.15) is 0 Å². The van der Waals surface area contributed by atoms with Crippen LogP contribution in [-0.4, -0.2) is 5.25 Å². The van der Waals surface area contributed by atoms with Gasteiger partial charge in [-0.25, -0.2) is 0 Å². The number of fused-ring (bicyclic) bond motifs is 1. The van der Waals surface area contributed by atoms with Gasteiger partial charge in [0.2, 0.25) is 0 Å². The summed E-state index contributed by atoms with van der Waals surface area (Å²) in [5.74, 6) is 0. The monoisotopic (exact) mass is 248 g/mol. The molecule has 2 aliphatic rings. The van der Waals surface area contributed by atoms with Crippen molar-refractivity contribution in [2.24, 2.45) is 0 Å². The molecular weight excluding hydrogens is 224 g/mol. The number of hydrogen-bond donors (Lipinski definition) is 0. The smallest absolute Gasteiger partial charge is 0.0347 e. The zero-order valence-electron chi connectivity index (χ0n) is 11.4. The Balaban J connectivity index is 2.21. The molecule has 0 nitrogen and oxygen atoms in total. The van der Waals surface area contributed by atoms with Gasteiger partial charge in [-0.1, -0.05) is 52.2 Å². The van der Waals surface area contributed by atoms with E-state index in [1.165, 1.54) is 38.5 Å². The Hall–Kier alpha value is -0.430. The van der Waals surface area contributed by atoms with E-state index in [2.05, 4.69) is 44.7 Å². The molecule has 94 valence electrons. The molecular formula is C16H24S. The van der Waals surface area contributed by atoms with Crippen LogP contribution in [0.2, 0.25) is 0 Å². The molecule has 17 heavy (non-hydrogen) atoms. The van der Waals surface area contributed by atoms with Crippen molar-refractivity contribution in [1.29, 1.82) is 0 Å². The zero-order chi connectivity index (χ0) is 12.3. The quantitative estimate of drug-likeness (QED) is 0.587. The molecule has 1 heterocycles. The highest BCUT2D eigenvalue weighted by Gasteiger charge is 2.32. The molecule has 0 bridgehead atoms. The Kier molecular flexibility index (Phi) is 4.55. The topological polar surface area (TPSA) is 0 Å². The Morgan fingerprint density at radius 3 is 2.41 bits per heavy atom. The van der Waals surface area contributed by atoms with Gasteiger partial charge in [0.1, 0.15) is 0 Å². The van der Waals surface area contributed by atoms with Crippen molar-refractivity contribution in [3.63, 3.8) is 0 Å². The lowest BCUT2D eigenvalue weighted by molar-refractivity contribution is 0.812. The minimum absolute atomic E-state index is 0.752. The van der Waals surface area contributed by atoms with E-state index in [1.54, 1.807) is 21.6 Å². The summed E-state index contributed by atoms with van der Waals surface area (Å²) in [5, 5.41) is 0.752. The molecule has 2 rings (SSSR count). The summed E-state index contributed by atoms with van der Waals surface area (Å²) in [6.45, 7) is 6.88. The molecule has 1 aliphatic heterocycles. The first-order chi connectivity index (χ1) is 8.31. The van der Waals surface area contributed by atoms with E-state index in [4.69, 9.17) is 0 Å². The van der Waals surface area contributed by atoms with Crippen LogP contribution in [0.3, 0.4) is 0 Å². The van der Waals surface area contributed by atoms with Crippen molar-refractivity contribution < 1.29 is 0 Å². The van der Waals surface area contributed by atoms with Gasteiger partial charge in [-0.3, -0.25) is 0 Å². The third kappa shape index (κ3) is 2.54. The van der Waals surface area contributed by atoms with E-state index >= 15 is 0 Å². The lowest BCUT2D eigenvalue weighted by Gasteiger charge is -2.10. The van der Waals surface area contributed by atoms with Crippen LogP contribution in [0.15, 0.2) is 33.8 Å². The average Bonchev–Trinajstić information content (AvgIpc) is 2.85. The van der Waals surface area contributed by atoms with Gasteiger partial charge in [0.05, 0.1) is 0 Å². The van der Waals surface area contributed by atoms with E-state index in [1.807, 2.05) is 0 Å². The number of allylic oxidation sites excluding steroid dienone is 5. The first-order valence-corrected chi connectivity index (χ1v) is 8.01. The van der Waals surface area contributed by atoms with Crippen LogP contribution in [0.5, 0.6) is 0 Å². The van der Waals surface area contributed by atoms with Crippen molar-refractivity contribution in [2.45, 2.75) is 64.5 Å². The predicted molar refractivity (Wildman–Crippen MR) is 79.3 cm³/mol. The van der Waals surface area contributed by atoms with E-state index in [-0.39, 0.29) is 0 Å². The second-order valence-corrected chi connectivity index (χ2v) is 6.30. The Bertz CT molecular complexity index is 371. The summed E-state index contributed by atoms with van der Waals surface area (Å²) in [6.07, 6.45) is 12.5. The van der Waals surface area contributed by atoms with Crippen LogP contribution in [0, 0.1) is 0 Å². The molecule has 0 aromatic rings. The SMILES string of the molecule is CCCC1=CC=C2C1=C(CCC)SC2CCC. The lowest BCUT2D eigenvalue weighted by atomic mass is 9.95. The summed E-state index contributed by atoms with van der Waals surface area (Å²) < 4.78 is 0. The van der Waals surface area contributed by atoms with Crippen LogP contribution in [-0.2, 0) is 0 Å². The van der Waals surface area contributed by atoms with Gasteiger partial charge in [-0.15, -0.1) is 11.8 Å². The fraction of sp³-hybridized carbons (Fsp3) is 0.625. The molecule has 0 aromatic heterocycles. The average molecular weight is 248 g/mol. The second kappa shape index (κ2) is 5.95. The molecule has 0 radical (unpaired) electrons. The van der Waals surface area contributed by atoms with Crippen molar-refractivity contribution >= 4 is 11.8 Å². The highest BCUT2D eigenvalue weighted by molar-refractivity contribution is 8.04. The fourth-order valence-corrected chi connectivity index (χ4v) is 4.52. The van der Waals surface area contributed by atoms with Crippen molar-refractivity contribution in [3.05, 3.63) is 33.8 Å². The standard InChI is InChI=1S/C16H24S/c1-4-7-12-10-11-13-14(8-5-2)17-15(9-6-3)16(12)13/h10-11,14H,4-9H2,1-3H3. The van der Waals surface area contributed by atoms with Gasteiger partial charge < -0.3 is 0 Å². The summed E-state index contributed by atoms with van der Waals surface area (Å²) in [5.41, 5.74) is 4.90. The molecule has 0 saturated heterocycles. The molecule has 1 heteroatoms. The Labute approximate surface area is 110 Å². The highest BCUT2D eigenvalue weighted by Crippen LogP contribution is 2.51. The molecule has 0 fully saturated rings. The molecule has 0 saturated carbocycles. The van der Waals surface area contributed by atoms with Crippen molar-refractivity contribution in [3.8, 4) is 0 Å². The van der Waals surface area contributed by atoms with Crippen molar-refractivity contribution in [2.75, 3.05) is 0 Å². The molecule has 1 unspecified atom stereocenters. The summed E-state index contributed by atoms with van der Waals surface area (Å²) in [7, 11) is 0. The van der Waals surface area contributed by atoms with Crippen LogP contribution in [0.25, 0.3) is 0 Å². The molecule has 0 N–H and O–H groups in total. The number of hydrogen-bond acceptors (Lipinski definition) is 1. The van der Waals surface area contributed by atoms with Crippen LogP contribution in [0.1, 0.15) is 59.3 Å². The normalized spacial score (nSPS) is 22.9. The van der Waals surface area contributed by atoms with E-state index in [9.17, 15) is 0 Å². The van der Waals surface area contributed by atoms with Gasteiger partial charge in [0.15, 0.2) is 0 Å². The maximum absolute atomic E-state index is 2.40. The number of thioether (sulfide) groups is 1. The van der Waals surface area contributed by atoms with E-state index < -0.39 is 0 Å². The minimum atomic E-state index is 0.752. The minimum Gasteiger partial charge on any atom is -0.122 e. The fourth-order valence-electron chi connectivity index (χ4n) is 2.81.